The van der Waals surface area contributed by atoms with E-state index in [0.29, 0.717) is 10.7 Å². The lowest BCUT2D eigenvalue weighted by Gasteiger charge is -2.19. The van der Waals surface area contributed by atoms with Crippen LogP contribution in [0.4, 0.5) is 5.69 Å². The molecule has 7 heteroatoms. The monoisotopic (exact) mass is 408 g/mol. The molecule has 0 bridgehead atoms. The van der Waals surface area contributed by atoms with Gasteiger partial charge in [0.1, 0.15) is 0 Å². The molecule has 2 rings (SSSR count). The van der Waals surface area contributed by atoms with E-state index in [1.54, 1.807) is 30.3 Å². The van der Waals surface area contributed by atoms with Crippen LogP contribution in [0, 0.1) is 6.92 Å². The van der Waals surface area contributed by atoms with Gasteiger partial charge in [-0.3, -0.25) is 4.79 Å². The maximum absolute atomic E-state index is 12.4. The maximum Gasteiger partial charge on any atom is 0.240 e. The van der Waals surface area contributed by atoms with E-state index in [-0.39, 0.29) is 29.2 Å². The average molecular weight is 409 g/mol. The first-order chi connectivity index (χ1) is 12.5. The van der Waals surface area contributed by atoms with Crippen LogP contribution in [0.1, 0.15) is 38.3 Å². The summed E-state index contributed by atoms with van der Waals surface area (Å²) in [5.74, 6) is -0.286. The molecular formula is C20H25ClN2O3S. The highest BCUT2D eigenvalue weighted by Crippen LogP contribution is 2.24. The standard InChI is InChI=1S/C20H25ClN2O3S/c1-14-17(21)6-5-7-18(14)23-19(24)12-13-22-27(25,26)16-10-8-15(9-11-16)20(2,3)4/h5-11,22H,12-13H2,1-4H3,(H,23,24). The molecule has 0 aromatic heterocycles. The van der Waals surface area contributed by atoms with Crippen molar-refractivity contribution in [2.45, 2.75) is 44.4 Å². The molecule has 27 heavy (non-hydrogen) atoms. The summed E-state index contributed by atoms with van der Waals surface area (Å²) in [5, 5.41) is 3.31. The smallest absolute Gasteiger partial charge is 0.240 e. The fourth-order valence-electron chi connectivity index (χ4n) is 2.47. The van der Waals surface area contributed by atoms with Crippen LogP contribution < -0.4 is 10.0 Å². The number of rotatable bonds is 6. The SMILES string of the molecule is Cc1c(Cl)cccc1NC(=O)CCNS(=O)(=O)c1ccc(C(C)(C)C)cc1. The molecule has 0 saturated carbocycles. The summed E-state index contributed by atoms with van der Waals surface area (Å²) in [6.45, 7) is 8.01. The Bertz CT molecular complexity index is 917. The van der Waals surface area contributed by atoms with E-state index in [1.165, 1.54) is 0 Å². The lowest BCUT2D eigenvalue weighted by Crippen LogP contribution is -2.28. The molecule has 5 nitrogen and oxygen atoms in total. The molecule has 0 spiro atoms. The minimum atomic E-state index is -3.66. The molecule has 2 N–H and O–H groups in total. The largest absolute Gasteiger partial charge is 0.326 e. The molecule has 0 radical (unpaired) electrons. The van der Waals surface area contributed by atoms with Crippen molar-refractivity contribution in [1.82, 2.24) is 4.72 Å². The number of halogens is 1. The summed E-state index contributed by atoms with van der Waals surface area (Å²) >= 11 is 6.03. The number of carbonyl (C=O) groups excluding carboxylic acids is 1. The molecule has 2 aromatic carbocycles. The van der Waals surface area contributed by atoms with Crippen molar-refractivity contribution in [3.05, 3.63) is 58.6 Å². The predicted octanol–water partition coefficient (Wildman–Crippen LogP) is 4.25. The van der Waals surface area contributed by atoms with E-state index in [0.717, 1.165) is 11.1 Å². The zero-order valence-electron chi connectivity index (χ0n) is 16.0. The van der Waals surface area contributed by atoms with Gasteiger partial charge in [0.05, 0.1) is 4.90 Å². The second-order valence-electron chi connectivity index (χ2n) is 7.38. The van der Waals surface area contributed by atoms with Crippen LogP contribution in [0.3, 0.4) is 0 Å². The molecule has 1 amide bonds. The number of carbonyl (C=O) groups is 1. The molecule has 0 aliphatic rings. The van der Waals surface area contributed by atoms with Crippen LogP contribution in [0.25, 0.3) is 0 Å². The highest BCUT2D eigenvalue weighted by molar-refractivity contribution is 7.89. The van der Waals surface area contributed by atoms with Gasteiger partial charge in [0.2, 0.25) is 15.9 Å². The van der Waals surface area contributed by atoms with Crippen molar-refractivity contribution in [2.24, 2.45) is 0 Å². The average Bonchev–Trinajstić information content (AvgIpc) is 2.58. The lowest BCUT2D eigenvalue weighted by molar-refractivity contribution is -0.116. The molecular weight excluding hydrogens is 384 g/mol. The van der Waals surface area contributed by atoms with Crippen molar-refractivity contribution in [2.75, 3.05) is 11.9 Å². The fourth-order valence-corrected chi connectivity index (χ4v) is 3.68. The van der Waals surface area contributed by atoms with Crippen molar-refractivity contribution in [3.63, 3.8) is 0 Å². The first kappa shape index (κ1) is 21.4. The Labute approximate surface area is 166 Å². The van der Waals surface area contributed by atoms with Gasteiger partial charge in [0.15, 0.2) is 0 Å². The van der Waals surface area contributed by atoms with Gasteiger partial charge in [-0.25, -0.2) is 13.1 Å². The highest BCUT2D eigenvalue weighted by atomic mass is 35.5. The molecule has 0 atom stereocenters. The van der Waals surface area contributed by atoms with Gasteiger partial charge in [-0.2, -0.15) is 0 Å². The summed E-state index contributed by atoms with van der Waals surface area (Å²) in [7, 11) is -3.66. The maximum atomic E-state index is 12.4. The number of anilines is 1. The van der Waals surface area contributed by atoms with E-state index in [4.69, 9.17) is 11.6 Å². The van der Waals surface area contributed by atoms with E-state index < -0.39 is 10.0 Å². The first-order valence-electron chi connectivity index (χ1n) is 8.66. The third kappa shape index (κ3) is 5.79. The van der Waals surface area contributed by atoms with E-state index in [1.807, 2.05) is 19.1 Å². The Kier molecular flexibility index (Phi) is 6.68. The number of amides is 1. The Morgan fingerprint density at radius 2 is 1.70 bits per heavy atom. The number of benzene rings is 2. The van der Waals surface area contributed by atoms with Gasteiger partial charge in [-0.05, 0) is 47.7 Å². The second kappa shape index (κ2) is 8.42. The van der Waals surface area contributed by atoms with Crippen LogP contribution in [0.2, 0.25) is 5.02 Å². The van der Waals surface area contributed by atoms with Crippen molar-refractivity contribution in [3.8, 4) is 0 Å². The van der Waals surface area contributed by atoms with Crippen LogP contribution in [-0.4, -0.2) is 20.9 Å². The summed E-state index contributed by atoms with van der Waals surface area (Å²) < 4.78 is 27.2. The summed E-state index contributed by atoms with van der Waals surface area (Å²) in [5.41, 5.74) is 2.39. The van der Waals surface area contributed by atoms with Gasteiger partial charge < -0.3 is 5.32 Å². The topological polar surface area (TPSA) is 75.3 Å². The molecule has 2 aromatic rings. The number of hydrogen-bond donors (Lipinski definition) is 2. The van der Waals surface area contributed by atoms with Crippen LogP contribution in [-0.2, 0) is 20.2 Å². The van der Waals surface area contributed by atoms with Gasteiger partial charge in [-0.1, -0.05) is 50.6 Å². The van der Waals surface area contributed by atoms with E-state index >= 15 is 0 Å². The first-order valence-corrected chi connectivity index (χ1v) is 10.5. The molecule has 0 unspecified atom stereocenters. The fraction of sp³-hybridized carbons (Fsp3) is 0.350. The molecule has 146 valence electrons. The Morgan fingerprint density at radius 1 is 1.07 bits per heavy atom. The zero-order valence-corrected chi connectivity index (χ0v) is 17.5. The zero-order chi connectivity index (χ0) is 20.2. The van der Waals surface area contributed by atoms with Crippen molar-refractivity contribution < 1.29 is 13.2 Å². The van der Waals surface area contributed by atoms with Crippen LogP contribution in [0.15, 0.2) is 47.4 Å². The van der Waals surface area contributed by atoms with Gasteiger partial charge in [0, 0.05) is 23.7 Å². The van der Waals surface area contributed by atoms with Crippen molar-refractivity contribution in [1.29, 1.82) is 0 Å². The molecule has 0 aliphatic carbocycles. The summed E-state index contributed by atoms with van der Waals surface area (Å²) in [4.78, 5) is 12.2. The van der Waals surface area contributed by atoms with Gasteiger partial charge in [-0.15, -0.1) is 0 Å². The quantitative estimate of drug-likeness (QED) is 0.750. The third-order valence-electron chi connectivity index (χ3n) is 4.22. The van der Waals surface area contributed by atoms with E-state index in [9.17, 15) is 13.2 Å². The Hall–Kier alpha value is -1.89. The van der Waals surface area contributed by atoms with Crippen LogP contribution in [0.5, 0.6) is 0 Å². The number of hydrogen-bond acceptors (Lipinski definition) is 3. The lowest BCUT2D eigenvalue weighted by atomic mass is 9.87. The molecule has 0 fully saturated rings. The van der Waals surface area contributed by atoms with Gasteiger partial charge in [0.25, 0.3) is 0 Å². The number of sulfonamides is 1. The normalized spacial score (nSPS) is 12.0. The second-order valence-corrected chi connectivity index (χ2v) is 9.56. The minimum absolute atomic E-state index is 0.00873. The third-order valence-corrected chi connectivity index (χ3v) is 6.10. The summed E-state index contributed by atoms with van der Waals surface area (Å²) in [6, 6.07) is 12.0. The summed E-state index contributed by atoms with van der Waals surface area (Å²) in [6.07, 6.45) is 0.0191. The van der Waals surface area contributed by atoms with Crippen LogP contribution >= 0.6 is 11.6 Å². The number of nitrogens with one attached hydrogen (secondary N) is 2. The predicted molar refractivity (Wildman–Crippen MR) is 110 cm³/mol. The minimum Gasteiger partial charge on any atom is -0.326 e. The van der Waals surface area contributed by atoms with E-state index in [2.05, 4.69) is 30.8 Å². The highest BCUT2D eigenvalue weighted by Gasteiger charge is 2.17. The molecule has 0 heterocycles. The molecule has 0 aliphatic heterocycles. The Balaban J connectivity index is 1.93. The van der Waals surface area contributed by atoms with Crippen molar-refractivity contribution >= 4 is 33.2 Å². The van der Waals surface area contributed by atoms with Gasteiger partial charge >= 0.3 is 0 Å². The Morgan fingerprint density at radius 3 is 2.30 bits per heavy atom. The molecule has 0 saturated heterocycles.